The molecule has 30 heavy (non-hydrogen) atoms. The van der Waals surface area contributed by atoms with E-state index in [-0.39, 0.29) is 18.4 Å². The van der Waals surface area contributed by atoms with Gasteiger partial charge in [0.25, 0.3) is 0 Å². The molecule has 0 aliphatic heterocycles. The highest BCUT2D eigenvalue weighted by Crippen LogP contribution is 2.44. The number of carbonyl (C=O) groups is 3. The third-order valence-corrected chi connectivity index (χ3v) is 5.07. The lowest BCUT2D eigenvalue weighted by Gasteiger charge is -2.20. The number of carbonyl (C=O) groups excluding carboxylic acids is 2. The van der Waals surface area contributed by atoms with Crippen LogP contribution in [0.5, 0.6) is 0 Å². The maximum Gasteiger partial charge on any atom is 0.407 e. The molecule has 0 aromatic heterocycles. The lowest BCUT2D eigenvalue weighted by Crippen LogP contribution is -2.48. The maximum absolute atomic E-state index is 12.4. The molecule has 0 spiro atoms. The molecule has 0 unspecified atom stereocenters. The number of hydrogen-bond donors (Lipinski definition) is 3. The van der Waals surface area contributed by atoms with E-state index in [0.717, 1.165) is 22.3 Å². The highest BCUT2D eigenvalue weighted by Gasteiger charge is 2.30. The van der Waals surface area contributed by atoms with Crippen molar-refractivity contribution in [2.24, 2.45) is 5.92 Å². The molecular weight excluding hydrogens is 384 g/mol. The topological polar surface area (TPSA) is 105 Å². The van der Waals surface area contributed by atoms with Crippen LogP contribution in [0.3, 0.4) is 0 Å². The standard InChI is InChI=1S/C23H26N2O5/c1-14(2)11-20(22(28)24-12-21(26)27)25-23(29)30-13-19-17-9-5-3-7-15(17)16-8-4-6-10-18(16)19/h3-10,14,19-20H,11-13H2,1-2H3,(H,24,28)(H,25,29)(H,26,27)/t20-/m1/s1. The molecule has 1 atom stereocenters. The van der Waals surface area contributed by atoms with Gasteiger partial charge in [0, 0.05) is 5.92 Å². The highest BCUT2D eigenvalue weighted by molar-refractivity contribution is 5.88. The van der Waals surface area contributed by atoms with Crippen molar-refractivity contribution in [2.75, 3.05) is 13.2 Å². The Morgan fingerprint density at radius 1 is 1.00 bits per heavy atom. The number of aliphatic carboxylic acids is 1. The van der Waals surface area contributed by atoms with Gasteiger partial charge in [-0.2, -0.15) is 0 Å². The zero-order valence-electron chi connectivity index (χ0n) is 17.1. The van der Waals surface area contributed by atoms with Crippen molar-refractivity contribution in [3.05, 3.63) is 59.7 Å². The molecule has 2 aromatic rings. The van der Waals surface area contributed by atoms with Crippen molar-refractivity contribution < 1.29 is 24.2 Å². The van der Waals surface area contributed by atoms with Gasteiger partial charge in [-0.15, -0.1) is 0 Å². The summed E-state index contributed by atoms with van der Waals surface area (Å²) in [6.07, 6.45) is -0.330. The minimum Gasteiger partial charge on any atom is -0.480 e. The lowest BCUT2D eigenvalue weighted by atomic mass is 9.98. The highest BCUT2D eigenvalue weighted by atomic mass is 16.5. The number of nitrogens with one attached hydrogen (secondary N) is 2. The number of ether oxygens (including phenoxy) is 1. The maximum atomic E-state index is 12.4. The van der Waals surface area contributed by atoms with Crippen LogP contribution in [-0.2, 0) is 14.3 Å². The molecule has 2 aromatic carbocycles. The first-order valence-corrected chi connectivity index (χ1v) is 9.97. The third-order valence-electron chi connectivity index (χ3n) is 5.07. The van der Waals surface area contributed by atoms with Crippen LogP contribution < -0.4 is 10.6 Å². The number of fused-ring (bicyclic) bond motifs is 3. The molecular formula is C23H26N2O5. The van der Waals surface area contributed by atoms with Crippen LogP contribution in [-0.4, -0.2) is 42.3 Å². The summed E-state index contributed by atoms with van der Waals surface area (Å²) in [6.45, 7) is 3.47. The molecule has 0 heterocycles. The van der Waals surface area contributed by atoms with Crippen LogP contribution in [0.25, 0.3) is 11.1 Å². The predicted octanol–water partition coefficient (Wildman–Crippen LogP) is 3.14. The smallest absolute Gasteiger partial charge is 0.407 e. The molecule has 0 saturated heterocycles. The largest absolute Gasteiger partial charge is 0.480 e. The molecule has 7 nitrogen and oxygen atoms in total. The number of hydrogen-bond acceptors (Lipinski definition) is 4. The molecule has 0 bridgehead atoms. The summed E-state index contributed by atoms with van der Waals surface area (Å²) in [5.74, 6) is -1.64. The summed E-state index contributed by atoms with van der Waals surface area (Å²) in [5, 5.41) is 13.6. The van der Waals surface area contributed by atoms with E-state index in [1.54, 1.807) is 0 Å². The van der Waals surface area contributed by atoms with Gasteiger partial charge >= 0.3 is 12.1 Å². The van der Waals surface area contributed by atoms with Gasteiger partial charge in [0.1, 0.15) is 19.2 Å². The molecule has 2 amide bonds. The third kappa shape index (κ3) is 4.97. The molecule has 1 aliphatic carbocycles. The second kappa shape index (κ2) is 9.43. The fraction of sp³-hybridized carbons (Fsp3) is 0.348. The monoisotopic (exact) mass is 410 g/mol. The number of rotatable bonds is 8. The summed E-state index contributed by atoms with van der Waals surface area (Å²) >= 11 is 0. The summed E-state index contributed by atoms with van der Waals surface area (Å²) < 4.78 is 5.48. The molecule has 3 rings (SSSR count). The van der Waals surface area contributed by atoms with Crippen molar-refractivity contribution in [3.8, 4) is 11.1 Å². The van der Waals surface area contributed by atoms with Crippen LogP contribution in [0.4, 0.5) is 4.79 Å². The average molecular weight is 410 g/mol. The van der Waals surface area contributed by atoms with E-state index in [2.05, 4.69) is 22.8 Å². The van der Waals surface area contributed by atoms with E-state index in [9.17, 15) is 14.4 Å². The second-order valence-corrected chi connectivity index (χ2v) is 7.76. The van der Waals surface area contributed by atoms with Crippen LogP contribution in [0, 0.1) is 5.92 Å². The number of carboxylic acid groups (broad SMARTS) is 1. The van der Waals surface area contributed by atoms with Crippen molar-refractivity contribution in [3.63, 3.8) is 0 Å². The molecule has 0 fully saturated rings. The number of amides is 2. The van der Waals surface area contributed by atoms with Crippen LogP contribution >= 0.6 is 0 Å². The zero-order chi connectivity index (χ0) is 21.7. The Morgan fingerprint density at radius 3 is 2.10 bits per heavy atom. The molecule has 3 N–H and O–H groups in total. The first-order chi connectivity index (χ1) is 14.4. The van der Waals surface area contributed by atoms with Crippen molar-refractivity contribution in [1.29, 1.82) is 0 Å². The van der Waals surface area contributed by atoms with Gasteiger partial charge in [0.05, 0.1) is 0 Å². The normalized spacial score (nSPS) is 13.3. The Bertz CT molecular complexity index is 895. The van der Waals surface area contributed by atoms with Crippen molar-refractivity contribution in [2.45, 2.75) is 32.2 Å². The van der Waals surface area contributed by atoms with Gasteiger partial charge in [-0.25, -0.2) is 4.79 Å². The Morgan fingerprint density at radius 2 is 1.57 bits per heavy atom. The molecule has 1 aliphatic rings. The SMILES string of the molecule is CC(C)C[C@@H](NC(=O)OCC1c2ccccc2-c2ccccc21)C(=O)NCC(=O)O. The Labute approximate surface area is 175 Å². The van der Waals surface area contributed by atoms with E-state index in [0.29, 0.717) is 6.42 Å². The van der Waals surface area contributed by atoms with E-state index in [1.165, 1.54) is 0 Å². The summed E-state index contributed by atoms with van der Waals surface area (Å²) in [5.41, 5.74) is 4.47. The Balaban J connectivity index is 1.65. The number of benzene rings is 2. The van der Waals surface area contributed by atoms with E-state index in [4.69, 9.17) is 9.84 Å². The van der Waals surface area contributed by atoms with Crippen LogP contribution in [0.2, 0.25) is 0 Å². The summed E-state index contributed by atoms with van der Waals surface area (Å²) in [6, 6.07) is 15.2. The molecule has 0 radical (unpaired) electrons. The van der Waals surface area contributed by atoms with Gasteiger partial charge in [-0.3, -0.25) is 9.59 Å². The van der Waals surface area contributed by atoms with Crippen molar-refractivity contribution in [1.82, 2.24) is 10.6 Å². The van der Waals surface area contributed by atoms with E-state index < -0.39 is 30.6 Å². The fourth-order valence-corrected chi connectivity index (χ4v) is 3.77. The number of carboxylic acids is 1. The first-order valence-electron chi connectivity index (χ1n) is 9.97. The molecule has 0 saturated carbocycles. The van der Waals surface area contributed by atoms with Gasteiger partial charge in [0.15, 0.2) is 0 Å². The first kappa shape index (κ1) is 21.4. The van der Waals surface area contributed by atoms with Crippen LogP contribution in [0.1, 0.15) is 37.3 Å². The van der Waals surface area contributed by atoms with Gasteiger partial charge in [0.2, 0.25) is 5.91 Å². The van der Waals surface area contributed by atoms with E-state index in [1.807, 2.05) is 50.2 Å². The predicted molar refractivity (Wildman–Crippen MR) is 112 cm³/mol. The molecule has 7 heteroatoms. The number of alkyl carbamates (subject to hydrolysis) is 1. The zero-order valence-corrected chi connectivity index (χ0v) is 17.1. The van der Waals surface area contributed by atoms with Crippen molar-refractivity contribution >= 4 is 18.0 Å². The molecule has 158 valence electrons. The van der Waals surface area contributed by atoms with Gasteiger partial charge in [-0.1, -0.05) is 62.4 Å². The minimum atomic E-state index is -1.15. The summed E-state index contributed by atoms with van der Waals surface area (Å²) in [7, 11) is 0. The Kier molecular flexibility index (Phi) is 6.72. The minimum absolute atomic E-state index is 0.0764. The summed E-state index contributed by atoms with van der Waals surface area (Å²) in [4.78, 5) is 35.4. The second-order valence-electron chi connectivity index (χ2n) is 7.76. The van der Waals surface area contributed by atoms with Gasteiger partial charge in [-0.05, 0) is 34.6 Å². The lowest BCUT2D eigenvalue weighted by molar-refractivity contribution is -0.138. The fourth-order valence-electron chi connectivity index (χ4n) is 3.77. The van der Waals surface area contributed by atoms with E-state index >= 15 is 0 Å². The van der Waals surface area contributed by atoms with Gasteiger partial charge < -0.3 is 20.5 Å². The Hall–Kier alpha value is -3.35. The quantitative estimate of drug-likeness (QED) is 0.620. The van der Waals surface area contributed by atoms with Crippen LogP contribution in [0.15, 0.2) is 48.5 Å². The average Bonchev–Trinajstić information content (AvgIpc) is 3.03.